The van der Waals surface area contributed by atoms with Crippen molar-refractivity contribution in [2.24, 2.45) is 0 Å². The first kappa shape index (κ1) is 14.0. The maximum atomic E-state index is 5.47. The van der Waals surface area contributed by atoms with Gasteiger partial charge in [0.1, 0.15) is 11.6 Å². The van der Waals surface area contributed by atoms with Crippen molar-refractivity contribution < 1.29 is 9.47 Å². The summed E-state index contributed by atoms with van der Waals surface area (Å²) in [7, 11) is 2.00. The predicted molar refractivity (Wildman–Crippen MR) is 90.7 cm³/mol. The Balaban J connectivity index is 1.79. The van der Waals surface area contributed by atoms with Gasteiger partial charge in [-0.1, -0.05) is 6.07 Å². The number of hydrogen-bond acceptors (Lipinski definition) is 6. The molecule has 0 bridgehead atoms. The zero-order valence-corrected chi connectivity index (χ0v) is 13.6. The predicted octanol–water partition coefficient (Wildman–Crippen LogP) is 4.01. The molecule has 3 heterocycles. The van der Waals surface area contributed by atoms with Crippen molar-refractivity contribution in [1.29, 1.82) is 0 Å². The van der Waals surface area contributed by atoms with Crippen molar-refractivity contribution in [2.75, 3.05) is 18.7 Å². The van der Waals surface area contributed by atoms with Crippen LogP contribution in [0, 0.1) is 6.92 Å². The van der Waals surface area contributed by atoms with E-state index < -0.39 is 0 Å². The third-order valence-corrected chi connectivity index (χ3v) is 4.64. The summed E-state index contributed by atoms with van der Waals surface area (Å²) in [5.74, 6) is 3.16. The van der Waals surface area contributed by atoms with E-state index in [2.05, 4.69) is 21.4 Å². The number of rotatable bonds is 3. The quantitative estimate of drug-likeness (QED) is 0.728. The third kappa shape index (κ3) is 2.51. The second-order valence-electron chi connectivity index (χ2n) is 5.23. The summed E-state index contributed by atoms with van der Waals surface area (Å²) < 4.78 is 10.8. The molecule has 116 valence electrons. The van der Waals surface area contributed by atoms with E-state index in [1.54, 1.807) is 11.3 Å². The number of ether oxygens (including phenoxy) is 2. The topological polar surface area (TPSA) is 47.5 Å². The molecule has 0 atom stereocenters. The van der Waals surface area contributed by atoms with Gasteiger partial charge in [0, 0.05) is 29.9 Å². The first-order chi connectivity index (χ1) is 11.2. The van der Waals surface area contributed by atoms with Crippen LogP contribution in [-0.2, 0) is 0 Å². The van der Waals surface area contributed by atoms with Crippen LogP contribution in [0.25, 0.3) is 10.4 Å². The minimum atomic E-state index is 0.273. The van der Waals surface area contributed by atoms with E-state index >= 15 is 0 Å². The Morgan fingerprint density at radius 1 is 1.17 bits per heavy atom. The van der Waals surface area contributed by atoms with Crippen LogP contribution in [0.1, 0.15) is 5.82 Å². The summed E-state index contributed by atoms with van der Waals surface area (Å²) in [6, 6.07) is 10.0. The minimum absolute atomic E-state index is 0.273. The number of nitrogens with zero attached hydrogens (tertiary/aromatic N) is 3. The Morgan fingerprint density at radius 2 is 2.04 bits per heavy atom. The van der Waals surface area contributed by atoms with Crippen molar-refractivity contribution in [3.05, 3.63) is 47.7 Å². The van der Waals surface area contributed by atoms with E-state index in [1.165, 1.54) is 0 Å². The van der Waals surface area contributed by atoms with E-state index in [4.69, 9.17) is 9.47 Å². The molecule has 23 heavy (non-hydrogen) atoms. The summed E-state index contributed by atoms with van der Waals surface area (Å²) in [6.45, 7) is 2.17. The normalized spacial score (nSPS) is 12.4. The van der Waals surface area contributed by atoms with E-state index in [0.29, 0.717) is 0 Å². The molecule has 0 saturated heterocycles. The van der Waals surface area contributed by atoms with Crippen LogP contribution in [0.5, 0.6) is 11.5 Å². The van der Waals surface area contributed by atoms with Crippen molar-refractivity contribution in [1.82, 2.24) is 9.97 Å². The number of hydrogen-bond donors (Lipinski definition) is 0. The molecule has 0 fully saturated rings. The van der Waals surface area contributed by atoms with E-state index in [-0.39, 0.29) is 6.79 Å². The smallest absolute Gasteiger partial charge is 0.231 e. The monoisotopic (exact) mass is 325 g/mol. The van der Waals surface area contributed by atoms with Gasteiger partial charge in [-0.2, -0.15) is 0 Å². The van der Waals surface area contributed by atoms with Crippen molar-refractivity contribution in [2.45, 2.75) is 6.92 Å². The van der Waals surface area contributed by atoms with Gasteiger partial charge in [-0.25, -0.2) is 9.97 Å². The Labute approximate surface area is 138 Å². The molecule has 0 amide bonds. The van der Waals surface area contributed by atoms with Gasteiger partial charge in [0.25, 0.3) is 0 Å². The summed E-state index contributed by atoms with van der Waals surface area (Å²) in [5.41, 5.74) is 2.01. The molecule has 0 N–H and O–H groups in total. The van der Waals surface area contributed by atoms with Gasteiger partial charge in [-0.3, -0.25) is 0 Å². The molecule has 5 nitrogen and oxygen atoms in total. The second-order valence-corrected chi connectivity index (χ2v) is 6.18. The van der Waals surface area contributed by atoms with Gasteiger partial charge >= 0.3 is 0 Å². The lowest BCUT2D eigenvalue weighted by molar-refractivity contribution is 0.174. The molecule has 0 spiro atoms. The van der Waals surface area contributed by atoms with Crippen LogP contribution in [0.3, 0.4) is 0 Å². The number of anilines is 2. The molecule has 6 heteroatoms. The minimum Gasteiger partial charge on any atom is -0.454 e. The lowest BCUT2D eigenvalue weighted by atomic mass is 10.2. The molecule has 2 aromatic heterocycles. The number of aromatic nitrogens is 2. The van der Waals surface area contributed by atoms with Crippen molar-refractivity contribution in [3.8, 4) is 21.9 Å². The number of thiophene rings is 1. The zero-order valence-electron chi connectivity index (χ0n) is 12.8. The molecule has 3 aromatic rings. The number of fused-ring (bicyclic) bond motifs is 1. The lowest BCUT2D eigenvalue weighted by Crippen LogP contribution is -2.13. The Hall–Kier alpha value is -2.60. The Kier molecular flexibility index (Phi) is 3.38. The van der Waals surface area contributed by atoms with Crippen LogP contribution in [0.2, 0.25) is 0 Å². The highest BCUT2D eigenvalue weighted by Crippen LogP contribution is 2.39. The third-order valence-electron chi connectivity index (χ3n) is 3.74. The number of aryl methyl sites for hydroxylation is 1. The average Bonchev–Trinajstić information content (AvgIpc) is 3.24. The molecule has 0 aliphatic carbocycles. The summed E-state index contributed by atoms with van der Waals surface area (Å²) in [5, 5.41) is 2.06. The van der Waals surface area contributed by atoms with Crippen LogP contribution in [-0.4, -0.2) is 23.8 Å². The molecule has 1 aliphatic heterocycles. The first-order valence-electron chi connectivity index (χ1n) is 7.23. The average molecular weight is 325 g/mol. The van der Waals surface area contributed by atoms with Crippen molar-refractivity contribution >= 4 is 22.8 Å². The van der Waals surface area contributed by atoms with Crippen LogP contribution < -0.4 is 14.4 Å². The largest absolute Gasteiger partial charge is 0.454 e. The van der Waals surface area contributed by atoms with E-state index in [9.17, 15) is 0 Å². The van der Waals surface area contributed by atoms with Gasteiger partial charge in [0.2, 0.25) is 6.79 Å². The molecular formula is C17H15N3O2S. The van der Waals surface area contributed by atoms with Gasteiger partial charge in [0.05, 0.1) is 5.56 Å². The molecule has 1 aromatic carbocycles. The summed E-state index contributed by atoms with van der Waals surface area (Å²) in [4.78, 5) is 12.2. The summed E-state index contributed by atoms with van der Waals surface area (Å²) >= 11 is 1.68. The van der Waals surface area contributed by atoms with Gasteiger partial charge in [0.15, 0.2) is 11.5 Å². The Morgan fingerprint density at radius 3 is 2.87 bits per heavy atom. The molecule has 0 unspecified atom stereocenters. The maximum absolute atomic E-state index is 5.47. The fraction of sp³-hybridized carbons (Fsp3) is 0.176. The fourth-order valence-corrected chi connectivity index (χ4v) is 3.27. The first-order valence-corrected chi connectivity index (χ1v) is 8.11. The molecular weight excluding hydrogens is 310 g/mol. The van der Waals surface area contributed by atoms with Crippen molar-refractivity contribution in [3.63, 3.8) is 0 Å². The highest BCUT2D eigenvalue weighted by molar-refractivity contribution is 7.13. The SMILES string of the molecule is Cc1ncc(-c2cccs2)c(N(C)c2ccc3c(c2)OCO3)n1. The fourth-order valence-electron chi connectivity index (χ4n) is 2.54. The molecule has 1 aliphatic rings. The number of benzene rings is 1. The maximum Gasteiger partial charge on any atom is 0.231 e. The van der Waals surface area contributed by atoms with Gasteiger partial charge in [-0.05, 0) is 30.5 Å². The lowest BCUT2D eigenvalue weighted by Gasteiger charge is -2.21. The van der Waals surface area contributed by atoms with Crippen LogP contribution in [0.15, 0.2) is 41.9 Å². The molecule has 4 rings (SSSR count). The highest BCUT2D eigenvalue weighted by atomic mass is 32.1. The second kappa shape index (κ2) is 5.55. The van der Waals surface area contributed by atoms with E-state index in [0.717, 1.165) is 39.3 Å². The van der Waals surface area contributed by atoms with E-state index in [1.807, 2.05) is 49.3 Å². The van der Waals surface area contributed by atoms with Crippen LogP contribution >= 0.6 is 11.3 Å². The van der Waals surface area contributed by atoms with Crippen LogP contribution in [0.4, 0.5) is 11.5 Å². The molecule has 0 radical (unpaired) electrons. The van der Waals surface area contributed by atoms with Gasteiger partial charge in [-0.15, -0.1) is 11.3 Å². The Bertz CT molecular complexity index is 849. The highest BCUT2D eigenvalue weighted by Gasteiger charge is 2.18. The molecule has 0 saturated carbocycles. The standard InChI is InChI=1S/C17H15N3O2S/c1-11-18-9-13(16-4-3-7-23-16)17(19-11)20(2)12-5-6-14-15(8-12)22-10-21-14/h3-9H,10H2,1-2H3. The van der Waals surface area contributed by atoms with Gasteiger partial charge < -0.3 is 14.4 Å². The zero-order chi connectivity index (χ0) is 15.8. The summed E-state index contributed by atoms with van der Waals surface area (Å²) in [6.07, 6.45) is 1.88.